The van der Waals surface area contributed by atoms with E-state index in [1.807, 2.05) is 60.5 Å². The van der Waals surface area contributed by atoms with Gasteiger partial charge in [0.15, 0.2) is 6.10 Å². The Morgan fingerprint density at radius 2 is 2.00 bits per heavy atom. The fourth-order valence-electron chi connectivity index (χ4n) is 4.48. The van der Waals surface area contributed by atoms with Gasteiger partial charge in [-0.1, -0.05) is 49.1 Å². The lowest BCUT2D eigenvalue weighted by molar-refractivity contribution is -0.131. The summed E-state index contributed by atoms with van der Waals surface area (Å²) in [4.78, 5) is 32.5. The van der Waals surface area contributed by atoms with Gasteiger partial charge in [-0.2, -0.15) is 0 Å². The van der Waals surface area contributed by atoms with E-state index >= 15 is 0 Å². The smallest absolute Gasteiger partial charge is 0.254 e. The summed E-state index contributed by atoms with van der Waals surface area (Å²) < 4.78 is 11.0. The highest BCUT2D eigenvalue weighted by Gasteiger charge is 2.26. The molecule has 2 amide bonds. The average Bonchev–Trinajstić information content (AvgIpc) is 2.92. The third kappa shape index (κ3) is 5.63. The van der Waals surface area contributed by atoms with Crippen LogP contribution in [0.25, 0.3) is 0 Å². The fourth-order valence-corrected chi connectivity index (χ4v) is 4.48. The summed E-state index contributed by atoms with van der Waals surface area (Å²) in [5.41, 5.74) is 5.39. The van der Waals surface area contributed by atoms with E-state index in [0.717, 1.165) is 27.9 Å². The van der Waals surface area contributed by atoms with Crippen LogP contribution < -0.4 is 10.1 Å². The van der Waals surface area contributed by atoms with Gasteiger partial charge in [-0.15, -0.1) is 0 Å². The number of hydrogen-bond donors (Lipinski definition) is 1. The monoisotopic (exact) mass is 485 g/mol. The number of carbonyl (C=O) groups excluding carboxylic acids is 2. The molecule has 2 aromatic carbocycles. The minimum absolute atomic E-state index is 0.0501. The first-order chi connectivity index (χ1) is 17.5. The number of aromatic nitrogens is 1. The summed E-state index contributed by atoms with van der Waals surface area (Å²) in [5.74, 6) is 0.385. The number of amides is 2. The Morgan fingerprint density at radius 3 is 2.75 bits per heavy atom. The second kappa shape index (κ2) is 11.6. The SMILES string of the molecule is C=CCOc1cccc(C(=O)N2CCc3c(cnc(C)c3CNC(=O)C(OC)c3ccccc3)C2)c1. The fraction of sp³-hybridized carbons (Fsp3) is 0.276. The molecule has 0 fully saturated rings. The number of hydrogen-bond acceptors (Lipinski definition) is 5. The lowest BCUT2D eigenvalue weighted by atomic mass is 9.94. The molecule has 1 atom stereocenters. The number of carbonyl (C=O) groups is 2. The molecular weight excluding hydrogens is 454 g/mol. The molecule has 7 heteroatoms. The van der Waals surface area contributed by atoms with Gasteiger partial charge in [0.25, 0.3) is 11.8 Å². The number of rotatable bonds is 9. The zero-order valence-corrected chi connectivity index (χ0v) is 20.7. The van der Waals surface area contributed by atoms with E-state index in [4.69, 9.17) is 9.47 Å². The van der Waals surface area contributed by atoms with Crippen molar-refractivity contribution >= 4 is 11.8 Å². The summed E-state index contributed by atoms with van der Waals surface area (Å²) in [5, 5.41) is 3.02. The summed E-state index contributed by atoms with van der Waals surface area (Å²) >= 11 is 0. The van der Waals surface area contributed by atoms with Crippen molar-refractivity contribution in [3.8, 4) is 5.75 Å². The zero-order valence-electron chi connectivity index (χ0n) is 20.7. The Hall–Kier alpha value is -3.97. The zero-order chi connectivity index (χ0) is 25.5. The third-order valence-electron chi connectivity index (χ3n) is 6.35. The quantitative estimate of drug-likeness (QED) is 0.461. The maximum atomic E-state index is 13.2. The van der Waals surface area contributed by atoms with Crippen LogP contribution in [-0.2, 0) is 29.0 Å². The first-order valence-electron chi connectivity index (χ1n) is 12.0. The van der Waals surface area contributed by atoms with Crippen LogP contribution in [0, 0.1) is 6.92 Å². The van der Waals surface area contributed by atoms with Gasteiger partial charge in [-0.25, -0.2) is 0 Å². The Kier molecular flexibility index (Phi) is 8.13. The maximum absolute atomic E-state index is 13.2. The van der Waals surface area contributed by atoms with Crippen molar-refractivity contribution in [2.24, 2.45) is 0 Å². The summed E-state index contributed by atoms with van der Waals surface area (Å²) in [6.07, 6.45) is 3.51. The van der Waals surface area contributed by atoms with E-state index in [-0.39, 0.29) is 11.8 Å². The van der Waals surface area contributed by atoms with Crippen molar-refractivity contribution in [1.29, 1.82) is 0 Å². The number of nitrogens with zero attached hydrogens (tertiary/aromatic N) is 2. The molecule has 0 radical (unpaired) electrons. The van der Waals surface area contributed by atoms with E-state index in [1.54, 1.807) is 18.2 Å². The van der Waals surface area contributed by atoms with Gasteiger partial charge in [-0.3, -0.25) is 14.6 Å². The van der Waals surface area contributed by atoms with Crippen LogP contribution in [0.3, 0.4) is 0 Å². The predicted octanol–water partition coefficient (Wildman–Crippen LogP) is 4.16. The second-order valence-electron chi connectivity index (χ2n) is 8.67. The van der Waals surface area contributed by atoms with Crippen LogP contribution >= 0.6 is 0 Å². The predicted molar refractivity (Wildman–Crippen MR) is 138 cm³/mol. The Labute approximate surface area is 211 Å². The van der Waals surface area contributed by atoms with Crippen molar-refractivity contribution in [1.82, 2.24) is 15.2 Å². The molecule has 36 heavy (non-hydrogen) atoms. The molecule has 0 saturated heterocycles. The molecule has 1 unspecified atom stereocenters. The summed E-state index contributed by atoms with van der Waals surface area (Å²) in [6.45, 7) is 7.38. The maximum Gasteiger partial charge on any atom is 0.254 e. The molecule has 7 nitrogen and oxygen atoms in total. The first kappa shape index (κ1) is 25.1. The Bertz CT molecular complexity index is 1240. The molecule has 1 aromatic heterocycles. The first-order valence-corrected chi connectivity index (χ1v) is 12.0. The molecule has 186 valence electrons. The molecule has 1 aliphatic heterocycles. The molecule has 0 bridgehead atoms. The molecule has 0 spiro atoms. The van der Waals surface area contributed by atoms with Crippen LogP contribution in [0.1, 0.15) is 44.4 Å². The van der Waals surface area contributed by atoms with Gasteiger partial charge in [0.05, 0.1) is 0 Å². The number of methoxy groups -OCH3 is 1. The summed E-state index contributed by atoms with van der Waals surface area (Å²) in [6, 6.07) is 16.6. The van der Waals surface area contributed by atoms with Crippen LogP contribution in [0.15, 0.2) is 73.4 Å². The number of fused-ring (bicyclic) bond motifs is 1. The molecule has 3 aromatic rings. The van der Waals surface area contributed by atoms with Crippen molar-refractivity contribution in [3.63, 3.8) is 0 Å². The lowest BCUT2D eigenvalue weighted by Gasteiger charge is -2.31. The molecular formula is C29H31N3O4. The highest BCUT2D eigenvalue weighted by Crippen LogP contribution is 2.26. The molecule has 1 aliphatic rings. The number of aryl methyl sites for hydroxylation is 1. The van der Waals surface area contributed by atoms with Crippen molar-refractivity contribution in [2.75, 3.05) is 20.3 Å². The van der Waals surface area contributed by atoms with Crippen LogP contribution in [0.2, 0.25) is 0 Å². The average molecular weight is 486 g/mol. The number of ether oxygens (including phenoxy) is 2. The lowest BCUT2D eigenvalue weighted by Crippen LogP contribution is -2.37. The van der Waals surface area contributed by atoms with E-state index < -0.39 is 6.10 Å². The van der Waals surface area contributed by atoms with Gasteiger partial charge in [0.2, 0.25) is 0 Å². The van der Waals surface area contributed by atoms with E-state index in [1.165, 1.54) is 7.11 Å². The van der Waals surface area contributed by atoms with Gasteiger partial charge < -0.3 is 19.7 Å². The topological polar surface area (TPSA) is 80.8 Å². The van der Waals surface area contributed by atoms with E-state index in [0.29, 0.717) is 44.0 Å². The van der Waals surface area contributed by atoms with Crippen LogP contribution in [0.5, 0.6) is 5.75 Å². The van der Waals surface area contributed by atoms with Crippen LogP contribution in [0.4, 0.5) is 0 Å². The normalized spacial score (nSPS) is 13.4. The number of nitrogens with one attached hydrogen (secondary N) is 1. The Balaban J connectivity index is 1.46. The highest BCUT2D eigenvalue weighted by atomic mass is 16.5. The highest BCUT2D eigenvalue weighted by molar-refractivity contribution is 5.94. The van der Waals surface area contributed by atoms with Gasteiger partial charge >= 0.3 is 0 Å². The molecule has 0 aliphatic carbocycles. The van der Waals surface area contributed by atoms with Gasteiger partial charge in [0, 0.05) is 44.2 Å². The minimum atomic E-state index is -0.682. The third-order valence-corrected chi connectivity index (χ3v) is 6.35. The second-order valence-corrected chi connectivity index (χ2v) is 8.67. The van der Waals surface area contributed by atoms with E-state index in [2.05, 4.69) is 16.9 Å². The van der Waals surface area contributed by atoms with Crippen molar-refractivity contribution in [2.45, 2.75) is 32.5 Å². The molecule has 1 N–H and O–H groups in total. The standard InChI is InChI=1S/C29H31N3O4/c1-4-15-36-24-12-8-11-22(16-24)29(34)32-14-13-25-23(19-32)17-30-20(2)26(25)18-31-28(33)27(35-3)21-9-6-5-7-10-21/h4-12,16-17,27H,1,13-15,18-19H2,2-3H3,(H,31,33). The van der Waals surface area contributed by atoms with Crippen molar-refractivity contribution in [3.05, 3.63) is 107 Å². The number of pyridine rings is 1. The molecule has 2 heterocycles. The van der Waals surface area contributed by atoms with Crippen LogP contribution in [-0.4, -0.2) is 42.0 Å². The largest absolute Gasteiger partial charge is 0.490 e. The van der Waals surface area contributed by atoms with E-state index in [9.17, 15) is 9.59 Å². The summed E-state index contributed by atoms with van der Waals surface area (Å²) in [7, 11) is 1.53. The Morgan fingerprint density at radius 1 is 1.19 bits per heavy atom. The minimum Gasteiger partial charge on any atom is -0.490 e. The van der Waals surface area contributed by atoms with Crippen molar-refractivity contribution < 1.29 is 19.1 Å². The van der Waals surface area contributed by atoms with Gasteiger partial charge in [-0.05, 0) is 53.8 Å². The number of benzene rings is 2. The molecule has 4 rings (SSSR count). The molecule has 0 saturated carbocycles. The van der Waals surface area contributed by atoms with Gasteiger partial charge in [0.1, 0.15) is 12.4 Å².